The molecule has 0 heterocycles. The van der Waals surface area contributed by atoms with Gasteiger partial charge in [-0.15, -0.1) is 0 Å². The molecule has 1 rings (SSSR count). The molecule has 1 N–H and O–H groups in total. The van der Waals surface area contributed by atoms with Gasteiger partial charge in [0.25, 0.3) is 0 Å². The molecule has 14 heavy (non-hydrogen) atoms. The summed E-state index contributed by atoms with van der Waals surface area (Å²) in [6.45, 7) is 2.12. The Labute approximate surface area is 92.8 Å². The maximum atomic E-state index is 13.1. The van der Waals surface area contributed by atoms with Crippen LogP contribution in [0.2, 0.25) is 0 Å². The molecule has 0 aromatic heterocycles. The van der Waals surface area contributed by atoms with E-state index in [1.165, 1.54) is 6.07 Å². The Kier molecular flexibility index (Phi) is 4.55. The van der Waals surface area contributed by atoms with Gasteiger partial charge in [-0.25, -0.2) is 4.39 Å². The summed E-state index contributed by atoms with van der Waals surface area (Å²) in [4.78, 5) is 0. The van der Waals surface area contributed by atoms with Crippen LogP contribution in [0.4, 0.5) is 4.39 Å². The van der Waals surface area contributed by atoms with Crippen molar-refractivity contribution in [3.63, 3.8) is 0 Å². The van der Waals surface area contributed by atoms with Crippen LogP contribution in [-0.2, 0) is 6.42 Å². The van der Waals surface area contributed by atoms with Crippen molar-refractivity contribution in [1.29, 1.82) is 0 Å². The molecule has 0 amide bonds. The number of benzene rings is 1. The van der Waals surface area contributed by atoms with Gasteiger partial charge in [-0.05, 0) is 54.4 Å². The molecule has 0 aliphatic rings. The molecule has 1 aromatic rings. The zero-order valence-electron chi connectivity index (χ0n) is 8.48. The van der Waals surface area contributed by atoms with Crippen molar-refractivity contribution < 1.29 is 4.39 Å². The topological polar surface area (TPSA) is 12.0 Å². The molecule has 0 aliphatic carbocycles. The molecule has 0 saturated carbocycles. The third kappa shape index (κ3) is 3.07. The van der Waals surface area contributed by atoms with Gasteiger partial charge >= 0.3 is 0 Å². The second kappa shape index (κ2) is 5.47. The molecule has 78 valence electrons. The highest BCUT2D eigenvalue weighted by molar-refractivity contribution is 9.10. The maximum absolute atomic E-state index is 13.1. The number of hydrogen-bond acceptors (Lipinski definition) is 1. The minimum Gasteiger partial charge on any atom is -0.317 e. The standard InChI is InChI=1S/C11H15BrFN/c1-8(14-2)6-7-9-4-3-5-10(13)11(9)12/h3-5,8,14H,6-7H2,1-2H3. The summed E-state index contributed by atoms with van der Waals surface area (Å²) < 4.78 is 13.7. The van der Waals surface area contributed by atoms with Crippen LogP contribution in [0.5, 0.6) is 0 Å². The van der Waals surface area contributed by atoms with Gasteiger partial charge in [-0.3, -0.25) is 0 Å². The first kappa shape index (κ1) is 11.7. The van der Waals surface area contributed by atoms with Crippen LogP contribution in [0, 0.1) is 5.82 Å². The molecule has 0 fully saturated rings. The van der Waals surface area contributed by atoms with Crippen LogP contribution in [0.1, 0.15) is 18.9 Å². The summed E-state index contributed by atoms with van der Waals surface area (Å²) in [7, 11) is 1.94. The Morgan fingerprint density at radius 1 is 1.50 bits per heavy atom. The van der Waals surface area contributed by atoms with E-state index in [2.05, 4.69) is 28.2 Å². The summed E-state index contributed by atoms with van der Waals surface area (Å²) in [6.07, 6.45) is 1.90. The Hall–Kier alpha value is -0.410. The minimum atomic E-state index is -0.181. The summed E-state index contributed by atoms with van der Waals surface area (Å²) in [5.41, 5.74) is 1.03. The fourth-order valence-electron chi connectivity index (χ4n) is 1.26. The quantitative estimate of drug-likeness (QED) is 0.877. The van der Waals surface area contributed by atoms with Crippen LogP contribution in [0.15, 0.2) is 22.7 Å². The van der Waals surface area contributed by atoms with Crippen LogP contribution >= 0.6 is 15.9 Å². The third-order valence-electron chi connectivity index (χ3n) is 2.37. The van der Waals surface area contributed by atoms with Crippen molar-refractivity contribution in [2.45, 2.75) is 25.8 Å². The van der Waals surface area contributed by atoms with Crippen molar-refractivity contribution in [3.8, 4) is 0 Å². The Morgan fingerprint density at radius 2 is 2.21 bits per heavy atom. The Balaban J connectivity index is 2.63. The fourth-order valence-corrected chi connectivity index (χ4v) is 1.72. The number of nitrogens with one attached hydrogen (secondary N) is 1. The summed E-state index contributed by atoms with van der Waals surface area (Å²) >= 11 is 3.26. The van der Waals surface area contributed by atoms with E-state index in [9.17, 15) is 4.39 Å². The van der Waals surface area contributed by atoms with Gasteiger partial charge in [0.05, 0.1) is 4.47 Å². The molecule has 1 unspecified atom stereocenters. The van der Waals surface area contributed by atoms with Gasteiger partial charge in [0.15, 0.2) is 0 Å². The molecule has 1 atom stereocenters. The van der Waals surface area contributed by atoms with Gasteiger partial charge in [0.2, 0.25) is 0 Å². The lowest BCUT2D eigenvalue weighted by atomic mass is 10.1. The van der Waals surface area contributed by atoms with Gasteiger partial charge in [0.1, 0.15) is 5.82 Å². The SMILES string of the molecule is CNC(C)CCc1cccc(F)c1Br. The van der Waals surface area contributed by atoms with E-state index in [-0.39, 0.29) is 5.82 Å². The highest BCUT2D eigenvalue weighted by atomic mass is 79.9. The van der Waals surface area contributed by atoms with Crippen molar-refractivity contribution >= 4 is 15.9 Å². The Morgan fingerprint density at radius 3 is 2.86 bits per heavy atom. The molecule has 0 saturated heterocycles. The molecule has 0 bridgehead atoms. The van der Waals surface area contributed by atoms with Gasteiger partial charge in [0, 0.05) is 6.04 Å². The van der Waals surface area contributed by atoms with Crippen molar-refractivity contribution in [1.82, 2.24) is 5.32 Å². The van der Waals surface area contributed by atoms with E-state index in [4.69, 9.17) is 0 Å². The van der Waals surface area contributed by atoms with E-state index in [1.807, 2.05) is 13.1 Å². The second-order valence-corrected chi connectivity index (χ2v) is 4.23. The van der Waals surface area contributed by atoms with E-state index in [1.54, 1.807) is 6.07 Å². The monoisotopic (exact) mass is 259 g/mol. The molecule has 0 radical (unpaired) electrons. The smallest absolute Gasteiger partial charge is 0.137 e. The van der Waals surface area contributed by atoms with Crippen molar-refractivity contribution in [2.75, 3.05) is 7.05 Å². The normalized spacial score (nSPS) is 12.9. The van der Waals surface area contributed by atoms with E-state index >= 15 is 0 Å². The third-order valence-corrected chi connectivity index (χ3v) is 3.26. The van der Waals surface area contributed by atoms with Crippen molar-refractivity contribution in [3.05, 3.63) is 34.1 Å². The second-order valence-electron chi connectivity index (χ2n) is 3.44. The van der Waals surface area contributed by atoms with Gasteiger partial charge in [-0.2, -0.15) is 0 Å². The first-order chi connectivity index (χ1) is 6.65. The highest BCUT2D eigenvalue weighted by Crippen LogP contribution is 2.21. The van der Waals surface area contributed by atoms with Gasteiger partial charge < -0.3 is 5.32 Å². The van der Waals surface area contributed by atoms with Crippen LogP contribution < -0.4 is 5.32 Å². The molecule has 0 spiro atoms. The van der Waals surface area contributed by atoms with Crippen LogP contribution in [-0.4, -0.2) is 13.1 Å². The predicted molar refractivity (Wildman–Crippen MR) is 60.9 cm³/mol. The number of halogens is 2. The molecule has 0 aliphatic heterocycles. The van der Waals surface area contributed by atoms with Crippen molar-refractivity contribution in [2.24, 2.45) is 0 Å². The predicted octanol–water partition coefficient (Wildman–Crippen LogP) is 3.13. The average Bonchev–Trinajstić information content (AvgIpc) is 2.20. The van der Waals surface area contributed by atoms with Gasteiger partial charge in [-0.1, -0.05) is 12.1 Å². The van der Waals surface area contributed by atoms with E-state index in [0.717, 1.165) is 18.4 Å². The van der Waals surface area contributed by atoms with Crippen LogP contribution in [0.3, 0.4) is 0 Å². The maximum Gasteiger partial charge on any atom is 0.137 e. The first-order valence-electron chi connectivity index (χ1n) is 4.75. The number of hydrogen-bond donors (Lipinski definition) is 1. The highest BCUT2D eigenvalue weighted by Gasteiger charge is 2.06. The summed E-state index contributed by atoms with van der Waals surface area (Å²) in [5.74, 6) is -0.181. The summed E-state index contributed by atoms with van der Waals surface area (Å²) in [6, 6.07) is 5.63. The first-order valence-corrected chi connectivity index (χ1v) is 5.54. The molecular formula is C11H15BrFN. The number of rotatable bonds is 4. The lowest BCUT2D eigenvalue weighted by Gasteiger charge is -2.10. The van der Waals surface area contributed by atoms with Crippen LogP contribution in [0.25, 0.3) is 0 Å². The van der Waals surface area contributed by atoms with E-state index < -0.39 is 0 Å². The molecule has 3 heteroatoms. The minimum absolute atomic E-state index is 0.181. The fraction of sp³-hybridized carbons (Fsp3) is 0.455. The zero-order valence-corrected chi connectivity index (χ0v) is 10.1. The number of aryl methyl sites for hydroxylation is 1. The lowest BCUT2D eigenvalue weighted by molar-refractivity contribution is 0.561. The Bertz CT molecular complexity index is 301. The molecule has 1 nitrogen and oxygen atoms in total. The average molecular weight is 260 g/mol. The zero-order chi connectivity index (χ0) is 10.6. The lowest BCUT2D eigenvalue weighted by Crippen LogP contribution is -2.21. The largest absolute Gasteiger partial charge is 0.317 e. The molecular weight excluding hydrogens is 245 g/mol. The summed E-state index contributed by atoms with van der Waals surface area (Å²) in [5, 5.41) is 3.16. The molecule has 1 aromatic carbocycles. The van der Waals surface area contributed by atoms with E-state index in [0.29, 0.717) is 10.5 Å².